The van der Waals surface area contributed by atoms with Gasteiger partial charge in [0.05, 0.1) is 0 Å². The molecule has 0 fully saturated rings. The van der Waals surface area contributed by atoms with Crippen molar-refractivity contribution in [2.24, 2.45) is 0 Å². The Balaban J connectivity index is -0.000000182. The molecule has 2 aromatic carbocycles. The third kappa shape index (κ3) is 21.3. The van der Waals surface area contributed by atoms with Crippen molar-refractivity contribution in [3.8, 4) is 0 Å². The molecule has 0 aromatic heterocycles. The molecule has 0 amide bonds. The van der Waals surface area contributed by atoms with E-state index in [9.17, 15) is 0 Å². The fourth-order valence-electron chi connectivity index (χ4n) is 0.770. The zero-order chi connectivity index (χ0) is 11.9. The molecule has 0 N–H and O–H groups in total. The van der Waals surface area contributed by atoms with Gasteiger partial charge in [0.15, 0.2) is 0 Å². The third-order valence-corrected chi connectivity index (χ3v) is 1.83. The van der Waals surface area contributed by atoms with Crippen molar-refractivity contribution < 1.29 is 24.0 Å². The molecule has 2 aromatic rings. The number of unbranched alkanes of at least 4 members (excludes halogenated alkanes) is 1. The van der Waals surface area contributed by atoms with Crippen molar-refractivity contribution in [1.82, 2.24) is 0 Å². The molecular formula is C16H22ISn-. The average molecular weight is 460 g/mol. The maximum atomic E-state index is 2.18. The van der Waals surface area contributed by atoms with Crippen LogP contribution in [0.1, 0.15) is 26.7 Å². The number of benzene rings is 2. The smallest absolute Gasteiger partial charge is 0 e. The van der Waals surface area contributed by atoms with Crippen LogP contribution in [-0.4, -0.2) is 23.9 Å². The minimum Gasteiger partial charge on any atom is -1.00 e. The molecule has 0 spiro atoms. The average Bonchev–Trinajstić information content (AvgIpc) is 2.44. The first-order valence-electron chi connectivity index (χ1n) is 5.91. The molecule has 0 saturated heterocycles. The van der Waals surface area contributed by atoms with Gasteiger partial charge in [0.2, 0.25) is 0 Å². The second-order valence-corrected chi connectivity index (χ2v) is 3.31. The van der Waals surface area contributed by atoms with Crippen LogP contribution in [0.4, 0.5) is 0 Å². The first-order chi connectivity index (χ1) is 7.91. The summed E-state index contributed by atoms with van der Waals surface area (Å²) in [6, 6.07) is 24.0. The van der Waals surface area contributed by atoms with Gasteiger partial charge in [0.1, 0.15) is 0 Å². The van der Waals surface area contributed by atoms with Gasteiger partial charge in [-0.05, 0) is 0 Å². The summed E-state index contributed by atoms with van der Waals surface area (Å²) < 4.78 is 0. The summed E-state index contributed by atoms with van der Waals surface area (Å²) in [5.41, 5.74) is 0. The first-order valence-corrected chi connectivity index (χ1v) is 5.91. The molecular weight excluding hydrogens is 438 g/mol. The summed E-state index contributed by atoms with van der Waals surface area (Å²) in [5.74, 6) is 0. The van der Waals surface area contributed by atoms with Crippen molar-refractivity contribution in [2.45, 2.75) is 26.7 Å². The predicted molar refractivity (Wildman–Crippen MR) is 79.2 cm³/mol. The van der Waals surface area contributed by atoms with E-state index in [1.807, 2.05) is 72.8 Å². The Morgan fingerprint density at radius 3 is 0.611 bits per heavy atom. The standard InChI is InChI=1S/2C6H6.C4H10.HI.Sn/c2*1-2-4-6-5-3-1;1-3-4-2;;/h2*1-6H;3-4H2,1-2H3;1H;/p-1. The summed E-state index contributed by atoms with van der Waals surface area (Å²) >= 11 is 0. The SMILES string of the molecule is CCCC.[I-].[Sn].c1ccccc1.c1ccccc1. The maximum Gasteiger partial charge on any atom is 0 e. The summed E-state index contributed by atoms with van der Waals surface area (Å²) in [6.07, 6.45) is 2.64. The number of rotatable bonds is 1. The van der Waals surface area contributed by atoms with Crippen molar-refractivity contribution in [3.05, 3.63) is 72.8 Å². The molecule has 0 heterocycles. The predicted octanol–water partition coefficient (Wildman–Crippen LogP) is 1.80. The van der Waals surface area contributed by atoms with Crippen LogP contribution in [0.3, 0.4) is 0 Å². The second kappa shape index (κ2) is 22.2. The molecule has 0 aliphatic carbocycles. The van der Waals surface area contributed by atoms with Gasteiger partial charge >= 0.3 is 0 Å². The van der Waals surface area contributed by atoms with Gasteiger partial charge < -0.3 is 24.0 Å². The largest absolute Gasteiger partial charge is 1.00 e. The van der Waals surface area contributed by atoms with Crippen molar-refractivity contribution in [3.63, 3.8) is 0 Å². The molecule has 0 aliphatic rings. The Morgan fingerprint density at radius 2 is 0.556 bits per heavy atom. The monoisotopic (exact) mass is 461 g/mol. The quantitative estimate of drug-likeness (QED) is 0.451. The van der Waals surface area contributed by atoms with Crippen LogP contribution in [0.2, 0.25) is 0 Å². The normalized spacial score (nSPS) is 7.00. The van der Waals surface area contributed by atoms with Crippen LogP contribution in [0.25, 0.3) is 0 Å². The van der Waals surface area contributed by atoms with E-state index in [0.29, 0.717) is 0 Å². The van der Waals surface area contributed by atoms with Crippen LogP contribution in [0, 0.1) is 0 Å². The fourth-order valence-corrected chi connectivity index (χ4v) is 0.770. The van der Waals surface area contributed by atoms with Gasteiger partial charge in [0.25, 0.3) is 0 Å². The summed E-state index contributed by atoms with van der Waals surface area (Å²) in [7, 11) is 0. The third-order valence-electron chi connectivity index (χ3n) is 1.83. The number of halogens is 1. The van der Waals surface area contributed by atoms with E-state index in [0.717, 1.165) is 0 Å². The zero-order valence-electron chi connectivity index (χ0n) is 11.2. The van der Waals surface area contributed by atoms with Gasteiger partial charge in [0, 0.05) is 23.9 Å². The maximum absolute atomic E-state index is 2.18. The van der Waals surface area contributed by atoms with Gasteiger partial charge in [-0.2, -0.15) is 0 Å². The van der Waals surface area contributed by atoms with E-state index in [4.69, 9.17) is 0 Å². The number of hydrogen-bond acceptors (Lipinski definition) is 0. The number of hydrogen-bond donors (Lipinski definition) is 0. The molecule has 0 bridgehead atoms. The summed E-state index contributed by atoms with van der Waals surface area (Å²) in [6.45, 7) is 4.36. The van der Waals surface area contributed by atoms with Crippen LogP contribution in [0.15, 0.2) is 72.8 Å². The topological polar surface area (TPSA) is 0 Å². The van der Waals surface area contributed by atoms with E-state index in [2.05, 4.69) is 13.8 Å². The molecule has 0 saturated carbocycles. The zero-order valence-corrected chi connectivity index (χ0v) is 16.2. The van der Waals surface area contributed by atoms with E-state index in [1.165, 1.54) is 12.8 Å². The summed E-state index contributed by atoms with van der Waals surface area (Å²) in [4.78, 5) is 0. The first kappa shape index (κ1) is 23.1. The molecule has 98 valence electrons. The van der Waals surface area contributed by atoms with Gasteiger partial charge in [-0.15, -0.1) is 0 Å². The van der Waals surface area contributed by atoms with Crippen molar-refractivity contribution >= 4 is 23.9 Å². The Bertz CT molecular complexity index is 210. The molecule has 0 unspecified atom stereocenters. The minimum absolute atomic E-state index is 0. The molecule has 0 nitrogen and oxygen atoms in total. The minimum atomic E-state index is 0. The Hall–Kier alpha value is -0.0313. The van der Waals surface area contributed by atoms with Gasteiger partial charge in [-0.1, -0.05) is 99.5 Å². The molecule has 18 heavy (non-hydrogen) atoms. The molecule has 4 radical (unpaired) electrons. The van der Waals surface area contributed by atoms with Crippen molar-refractivity contribution in [2.75, 3.05) is 0 Å². The van der Waals surface area contributed by atoms with Crippen molar-refractivity contribution in [1.29, 1.82) is 0 Å². The molecule has 2 rings (SSSR count). The molecule has 0 atom stereocenters. The molecule has 0 aliphatic heterocycles. The Labute approximate surface area is 146 Å². The second-order valence-electron chi connectivity index (χ2n) is 3.31. The van der Waals surface area contributed by atoms with E-state index < -0.39 is 0 Å². The van der Waals surface area contributed by atoms with Gasteiger partial charge in [-0.25, -0.2) is 0 Å². The molecule has 2 heteroatoms. The van der Waals surface area contributed by atoms with E-state index in [-0.39, 0.29) is 47.9 Å². The summed E-state index contributed by atoms with van der Waals surface area (Å²) in [5, 5.41) is 0. The Morgan fingerprint density at radius 1 is 0.444 bits per heavy atom. The van der Waals surface area contributed by atoms with Crippen LogP contribution >= 0.6 is 0 Å². The van der Waals surface area contributed by atoms with E-state index in [1.54, 1.807) is 0 Å². The Kier molecular flexibility index (Phi) is 28.4. The fraction of sp³-hybridized carbons (Fsp3) is 0.250. The van der Waals surface area contributed by atoms with Crippen LogP contribution in [-0.2, 0) is 0 Å². The van der Waals surface area contributed by atoms with Crippen LogP contribution in [0.5, 0.6) is 0 Å². The van der Waals surface area contributed by atoms with Crippen LogP contribution < -0.4 is 24.0 Å². The van der Waals surface area contributed by atoms with Gasteiger partial charge in [-0.3, -0.25) is 0 Å². The van der Waals surface area contributed by atoms with E-state index >= 15 is 0 Å².